The number of carbonyl (C=O) groups is 1. The number of nitrogens with two attached hydrogens (primary N) is 1. The molecule has 1 aliphatic rings. The van der Waals surface area contributed by atoms with Crippen LogP contribution in [0.25, 0.3) is 0 Å². The molecule has 94 valence electrons. The van der Waals surface area contributed by atoms with Crippen molar-refractivity contribution in [3.05, 3.63) is 30.1 Å². The molecular weight excluding hydrogens is 243 g/mol. The Morgan fingerprint density at radius 3 is 2.76 bits per heavy atom. The number of nitrogens with one attached hydrogen (secondary N) is 1. The zero-order valence-corrected chi connectivity index (χ0v) is 10.2. The average molecular weight is 259 g/mol. The van der Waals surface area contributed by atoms with Gasteiger partial charge in [0, 0.05) is 11.7 Å². The first-order valence-electron chi connectivity index (χ1n) is 5.49. The smallest absolute Gasteiger partial charge is 0.229 e. The maximum atomic E-state index is 12.9. The molecule has 1 saturated carbocycles. The molecule has 5 heteroatoms. The molecule has 0 aromatic heterocycles. The summed E-state index contributed by atoms with van der Waals surface area (Å²) in [6.07, 6.45) is 2.70. The summed E-state index contributed by atoms with van der Waals surface area (Å²) < 4.78 is 12.9. The van der Waals surface area contributed by atoms with Crippen LogP contribution >= 0.6 is 12.4 Å². The lowest BCUT2D eigenvalue weighted by atomic mass is 10.0. The monoisotopic (exact) mass is 258 g/mol. The number of carbonyl (C=O) groups excluding carboxylic acids is 1. The summed E-state index contributed by atoms with van der Waals surface area (Å²) in [6, 6.07) is 5.82. The SMILES string of the molecule is Cl.NC1CCCC1C(=O)Nc1cccc(F)c1. The largest absolute Gasteiger partial charge is 0.327 e. The Morgan fingerprint density at radius 1 is 1.41 bits per heavy atom. The zero-order chi connectivity index (χ0) is 11.5. The van der Waals surface area contributed by atoms with E-state index in [1.54, 1.807) is 12.1 Å². The van der Waals surface area contributed by atoms with Crippen LogP contribution in [-0.4, -0.2) is 11.9 Å². The van der Waals surface area contributed by atoms with Crippen molar-refractivity contribution in [1.82, 2.24) is 0 Å². The lowest BCUT2D eigenvalue weighted by Crippen LogP contribution is -2.34. The fourth-order valence-electron chi connectivity index (χ4n) is 2.12. The Morgan fingerprint density at radius 2 is 2.18 bits per heavy atom. The van der Waals surface area contributed by atoms with E-state index in [-0.39, 0.29) is 36.1 Å². The van der Waals surface area contributed by atoms with Crippen LogP contribution in [0.5, 0.6) is 0 Å². The Hall–Kier alpha value is -1.13. The van der Waals surface area contributed by atoms with Crippen LogP contribution in [-0.2, 0) is 4.79 Å². The highest BCUT2D eigenvalue weighted by molar-refractivity contribution is 5.93. The van der Waals surface area contributed by atoms with E-state index >= 15 is 0 Å². The molecule has 2 atom stereocenters. The maximum absolute atomic E-state index is 12.9. The van der Waals surface area contributed by atoms with Crippen molar-refractivity contribution in [3.8, 4) is 0 Å². The molecule has 0 radical (unpaired) electrons. The van der Waals surface area contributed by atoms with Gasteiger partial charge in [-0.15, -0.1) is 12.4 Å². The highest BCUT2D eigenvalue weighted by Crippen LogP contribution is 2.25. The summed E-state index contributed by atoms with van der Waals surface area (Å²) >= 11 is 0. The van der Waals surface area contributed by atoms with Crippen LogP contribution in [0.1, 0.15) is 19.3 Å². The molecule has 0 bridgehead atoms. The number of anilines is 1. The lowest BCUT2D eigenvalue weighted by molar-refractivity contribution is -0.120. The molecule has 1 aromatic rings. The first kappa shape index (κ1) is 13.9. The number of halogens is 2. The van der Waals surface area contributed by atoms with Crippen LogP contribution < -0.4 is 11.1 Å². The quantitative estimate of drug-likeness (QED) is 0.855. The van der Waals surface area contributed by atoms with Gasteiger partial charge in [0.05, 0.1) is 5.92 Å². The zero-order valence-electron chi connectivity index (χ0n) is 9.36. The maximum Gasteiger partial charge on any atom is 0.229 e. The molecule has 0 heterocycles. The molecule has 1 amide bonds. The minimum Gasteiger partial charge on any atom is -0.327 e. The summed E-state index contributed by atoms with van der Waals surface area (Å²) in [5, 5.41) is 2.70. The van der Waals surface area contributed by atoms with Gasteiger partial charge in [-0.1, -0.05) is 12.5 Å². The van der Waals surface area contributed by atoms with E-state index in [9.17, 15) is 9.18 Å². The van der Waals surface area contributed by atoms with Crippen molar-refractivity contribution in [2.75, 3.05) is 5.32 Å². The minimum atomic E-state index is -0.353. The first-order valence-corrected chi connectivity index (χ1v) is 5.49. The Kier molecular flexibility index (Phi) is 4.90. The molecule has 0 spiro atoms. The summed E-state index contributed by atoms with van der Waals surface area (Å²) in [4.78, 5) is 11.8. The first-order chi connectivity index (χ1) is 7.66. The third-order valence-electron chi connectivity index (χ3n) is 3.00. The van der Waals surface area contributed by atoms with Gasteiger partial charge in [-0.25, -0.2) is 4.39 Å². The molecule has 0 aliphatic heterocycles. The third kappa shape index (κ3) is 3.41. The Labute approximate surface area is 106 Å². The van der Waals surface area contributed by atoms with Crippen LogP contribution in [0, 0.1) is 11.7 Å². The van der Waals surface area contributed by atoms with Gasteiger partial charge < -0.3 is 11.1 Å². The van der Waals surface area contributed by atoms with Gasteiger partial charge >= 0.3 is 0 Å². The second-order valence-corrected chi connectivity index (χ2v) is 4.20. The van der Waals surface area contributed by atoms with E-state index in [0.717, 1.165) is 19.3 Å². The number of hydrogen-bond donors (Lipinski definition) is 2. The van der Waals surface area contributed by atoms with Crippen molar-refractivity contribution < 1.29 is 9.18 Å². The van der Waals surface area contributed by atoms with E-state index < -0.39 is 0 Å². The highest BCUT2D eigenvalue weighted by atomic mass is 35.5. The molecular formula is C12H16ClFN2O. The van der Waals surface area contributed by atoms with Gasteiger partial charge in [-0.3, -0.25) is 4.79 Å². The third-order valence-corrected chi connectivity index (χ3v) is 3.00. The second kappa shape index (κ2) is 5.98. The van der Waals surface area contributed by atoms with Crippen LogP contribution in [0.2, 0.25) is 0 Å². The number of amides is 1. The van der Waals surface area contributed by atoms with Crippen molar-refractivity contribution >= 4 is 24.0 Å². The van der Waals surface area contributed by atoms with Crippen molar-refractivity contribution in [2.45, 2.75) is 25.3 Å². The fraction of sp³-hybridized carbons (Fsp3) is 0.417. The van der Waals surface area contributed by atoms with Gasteiger partial charge in [0.1, 0.15) is 5.82 Å². The average Bonchev–Trinajstić information content (AvgIpc) is 2.64. The van der Waals surface area contributed by atoms with E-state index in [1.165, 1.54) is 12.1 Å². The summed E-state index contributed by atoms with van der Waals surface area (Å²) in [5.74, 6) is -0.590. The molecule has 17 heavy (non-hydrogen) atoms. The molecule has 1 aromatic carbocycles. The summed E-state index contributed by atoms with van der Waals surface area (Å²) in [7, 11) is 0. The van der Waals surface area contributed by atoms with Crippen molar-refractivity contribution in [1.29, 1.82) is 0 Å². The van der Waals surface area contributed by atoms with Gasteiger partial charge in [-0.2, -0.15) is 0 Å². The van der Waals surface area contributed by atoms with Crippen molar-refractivity contribution in [3.63, 3.8) is 0 Å². The van der Waals surface area contributed by atoms with Crippen molar-refractivity contribution in [2.24, 2.45) is 11.7 Å². The molecule has 1 aliphatic carbocycles. The standard InChI is InChI=1S/C12H15FN2O.ClH/c13-8-3-1-4-9(7-8)15-12(16)10-5-2-6-11(10)14;/h1,3-4,7,10-11H,2,5-6,14H2,(H,15,16);1H. The molecule has 3 N–H and O–H groups in total. The second-order valence-electron chi connectivity index (χ2n) is 4.20. The normalized spacial score (nSPS) is 22.9. The van der Waals surface area contributed by atoms with E-state index in [2.05, 4.69) is 5.32 Å². The topological polar surface area (TPSA) is 55.1 Å². The fourth-order valence-corrected chi connectivity index (χ4v) is 2.12. The summed E-state index contributed by atoms with van der Waals surface area (Å²) in [5.41, 5.74) is 6.32. The molecule has 1 fully saturated rings. The Balaban J connectivity index is 0.00000144. The predicted octanol–water partition coefficient (Wildman–Crippen LogP) is 2.31. The molecule has 0 saturated heterocycles. The van der Waals surface area contributed by atoms with E-state index in [1.807, 2.05) is 0 Å². The van der Waals surface area contributed by atoms with Gasteiger partial charge in [0.2, 0.25) is 5.91 Å². The minimum absolute atomic E-state index is 0. The summed E-state index contributed by atoms with van der Waals surface area (Å²) in [6.45, 7) is 0. The highest BCUT2D eigenvalue weighted by Gasteiger charge is 2.30. The van der Waals surface area contributed by atoms with Crippen LogP contribution in [0.15, 0.2) is 24.3 Å². The van der Waals surface area contributed by atoms with E-state index in [0.29, 0.717) is 5.69 Å². The Bertz CT molecular complexity index is 400. The molecule has 2 rings (SSSR count). The number of benzene rings is 1. The van der Waals surface area contributed by atoms with Gasteiger partial charge in [0.15, 0.2) is 0 Å². The van der Waals surface area contributed by atoms with E-state index in [4.69, 9.17) is 5.73 Å². The lowest BCUT2D eigenvalue weighted by Gasteiger charge is -2.15. The number of hydrogen-bond acceptors (Lipinski definition) is 2. The number of rotatable bonds is 2. The van der Waals surface area contributed by atoms with Crippen LogP contribution in [0.3, 0.4) is 0 Å². The van der Waals surface area contributed by atoms with Crippen LogP contribution in [0.4, 0.5) is 10.1 Å². The van der Waals surface area contributed by atoms with Gasteiger partial charge in [0.25, 0.3) is 0 Å². The molecule has 2 unspecified atom stereocenters. The molecule has 3 nitrogen and oxygen atoms in total. The predicted molar refractivity (Wildman–Crippen MR) is 67.6 cm³/mol. The van der Waals surface area contributed by atoms with Gasteiger partial charge in [-0.05, 0) is 31.0 Å².